The third-order valence-electron chi connectivity index (χ3n) is 8.19. The molecule has 6 rings (SSSR count). The predicted octanol–water partition coefficient (Wildman–Crippen LogP) is 4.99. The van der Waals surface area contributed by atoms with Crippen LogP contribution < -0.4 is 15.5 Å². The van der Waals surface area contributed by atoms with Crippen LogP contribution in [0.1, 0.15) is 56.6 Å². The first kappa shape index (κ1) is 31.4. The lowest BCUT2D eigenvalue weighted by molar-refractivity contribution is 0.0470. The first-order valence-electron chi connectivity index (χ1n) is 15.9. The molecule has 12 heteroatoms. The second-order valence-electron chi connectivity index (χ2n) is 13.1. The molecule has 4 aromatic rings. The molecule has 0 aliphatic carbocycles. The number of fused-ring (bicyclic) bond motifs is 1. The highest BCUT2D eigenvalue weighted by molar-refractivity contribution is 6.03. The molecule has 0 spiro atoms. The van der Waals surface area contributed by atoms with E-state index in [4.69, 9.17) is 9.47 Å². The van der Waals surface area contributed by atoms with Crippen LogP contribution in [0.3, 0.4) is 0 Å². The molecular formula is C34H42N8O4. The minimum atomic E-state index is -0.534. The number of piperidine rings is 1. The van der Waals surface area contributed by atoms with Gasteiger partial charge in [-0.05, 0) is 88.5 Å². The minimum Gasteiger partial charge on any atom is -0.444 e. The third kappa shape index (κ3) is 7.63. The number of nitrogens with one attached hydrogen (secondary N) is 3. The standard InChI is InChI=1S/C34H42N8O4/c1-22-20-45-15-14-42(22)31-27-17-28(40-30(27)36-21-37-31)24-7-9-25(10-8-24)38-32(43)29-16-23(11-12-35-29)18-41-13-5-6-26(19-41)39-33(44)46-34(2,3)4/h7-12,16-17,21-22,26H,5-6,13-15,18-20H2,1-4H3,(H,38,43)(H,39,44)(H,36,37,40)/t22-,26-/m1/s1. The zero-order valence-electron chi connectivity index (χ0n) is 26.9. The van der Waals surface area contributed by atoms with Gasteiger partial charge in [0, 0.05) is 43.3 Å². The van der Waals surface area contributed by atoms with Crippen molar-refractivity contribution < 1.29 is 19.1 Å². The molecule has 2 aliphatic rings. The topological polar surface area (TPSA) is 138 Å². The Morgan fingerprint density at radius 3 is 2.70 bits per heavy atom. The molecule has 2 fully saturated rings. The van der Waals surface area contributed by atoms with E-state index in [9.17, 15) is 9.59 Å². The maximum absolute atomic E-state index is 13.1. The van der Waals surface area contributed by atoms with Crippen LogP contribution in [0.4, 0.5) is 16.3 Å². The number of rotatable bonds is 7. The van der Waals surface area contributed by atoms with Gasteiger partial charge >= 0.3 is 6.09 Å². The van der Waals surface area contributed by atoms with Crippen LogP contribution in [0.25, 0.3) is 22.3 Å². The van der Waals surface area contributed by atoms with Crippen molar-refractivity contribution in [2.24, 2.45) is 0 Å². The molecule has 5 heterocycles. The Kier molecular flexibility index (Phi) is 9.18. The molecule has 1 aromatic carbocycles. The summed E-state index contributed by atoms with van der Waals surface area (Å²) in [5, 5.41) is 6.93. The lowest BCUT2D eigenvalue weighted by Crippen LogP contribution is -2.48. The highest BCUT2D eigenvalue weighted by Crippen LogP contribution is 2.31. The largest absolute Gasteiger partial charge is 0.444 e. The second kappa shape index (κ2) is 13.4. The molecule has 46 heavy (non-hydrogen) atoms. The number of aromatic nitrogens is 4. The number of nitrogens with zero attached hydrogens (tertiary/aromatic N) is 5. The maximum Gasteiger partial charge on any atom is 0.407 e. The summed E-state index contributed by atoms with van der Waals surface area (Å²) >= 11 is 0. The zero-order chi connectivity index (χ0) is 32.3. The van der Waals surface area contributed by atoms with Crippen LogP contribution in [-0.4, -0.2) is 87.4 Å². The van der Waals surface area contributed by atoms with Crippen LogP contribution >= 0.6 is 0 Å². The van der Waals surface area contributed by atoms with Crippen LogP contribution in [0, 0.1) is 0 Å². The van der Waals surface area contributed by atoms with Crippen molar-refractivity contribution in [3.05, 3.63) is 66.2 Å². The molecule has 2 aliphatic heterocycles. The molecular weight excluding hydrogens is 584 g/mol. The molecule has 0 bridgehead atoms. The number of amides is 2. The van der Waals surface area contributed by atoms with Gasteiger partial charge in [0.2, 0.25) is 0 Å². The molecule has 0 unspecified atom stereocenters. The molecule has 242 valence electrons. The predicted molar refractivity (Wildman–Crippen MR) is 177 cm³/mol. The number of pyridine rings is 1. The van der Waals surface area contributed by atoms with Gasteiger partial charge in [-0.2, -0.15) is 0 Å². The summed E-state index contributed by atoms with van der Waals surface area (Å²) in [6, 6.07) is 13.8. The summed E-state index contributed by atoms with van der Waals surface area (Å²) < 4.78 is 11.0. The Morgan fingerprint density at radius 1 is 1.09 bits per heavy atom. The van der Waals surface area contributed by atoms with Gasteiger partial charge in [0.25, 0.3) is 5.91 Å². The average molecular weight is 627 g/mol. The number of morpholine rings is 1. The highest BCUT2D eigenvalue weighted by Gasteiger charge is 2.25. The Morgan fingerprint density at radius 2 is 1.91 bits per heavy atom. The summed E-state index contributed by atoms with van der Waals surface area (Å²) in [4.78, 5) is 46.7. The van der Waals surface area contributed by atoms with E-state index in [0.29, 0.717) is 37.7 Å². The van der Waals surface area contributed by atoms with Crippen molar-refractivity contribution in [1.29, 1.82) is 0 Å². The van der Waals surface area contributed by atoms with Gasteiger partial charge < -0.3 is 30.0 Å². The molecule has 2 atom stereocenters. The summed E-state index contributed by atoms with van der Waals surface area (Å²) in [6.45, 7) is 12.1. The van der Waals surface area contributed by atoms with Crippen LogP contribution in [-0.2, 0) is 16.0 Å². The van der Waals surface area contributed by atoms with Gasteiger partial charge in [0.15, 0.2) is 0 Å². The molecule has 0 radical (unpaired) electrons. The Hall–Kier alpha value is -4.55. The summed E-state index contributed by atoms with van der Waals surface area (Å²) in [6.07, 6.45) is 4.74. The van der Waals surface area contributed by atoms with E-state index < -0.39 is 11.7 Å². The number of benzene rings is 1. The van der Waals surface area contributed by atoms with E-state index in [1.165, 1.54) is 0 Å². The number of aromatic amines is 1. The zero-order valence-corrected chi connectivity index (χ0v) is 26.9. The lowest BCUT2D eigenvalue weighted by atomic mass is 10.0. The van der Waals surface area contributed by atoms with Crippen LogP contribution in [0.5, 0.6) is 0 Å². The second-order valence-corrected chi connectivity index (χ2v) is 13.1. The maximum atomic E-state index is 13.1. The fraction of sp³-hybridized carbons (Fsp3) is 0.441. The number of likely N-dealkylation sites (tertiary alicyclic amines) is 1. The molecule has 3 N–H and O–H groups in total. The van der Waals surface area contributed by atoms with Gasteiger partial charge in [-0.3, -0.25) is 14.7 Å². The van der Waals surface area contributed by atoms with Crippen molar-refractivity contribution in [3.8, 4) is 11.3 Å². The molecule has 2 amide bonds. The Labute approximate surface area is 268 Å². The van der Waals surface area contributed by atoms with Gasteiger partial charge in [-0.15, -0.1) is 0 Å². The number of H-pyrrole nitrogens is 1. The number of ether oxygens (including phenoxy) is 2. The third-order valence-corrected chi connectivity index (χ3v) is 8.19. The van der Waals surface area contributed by atoms with Crippen molar-refractivity contribution in [3.63, 3.8) is 0 Å². The first-order valence-corrected chi connectivity index (χ1v) is 15.9. The van der Waals surface area contributed by atoms with Gasteiger partial charge in [0.05, 0.1) is 24.6 Å². The van der Waals surface area contributed by atoms with E-state index in [1.807, 2.05) is 57.2 Å². The number of alkyl carbamates (subject to hydrolysis) is 1. The first-order chi connectivity index (χ1) is 22.1. The van der Waals surface area contributed by atoms with E-state index in [2.05, 4.69) is 53.4 Å². The van der Waals surface area contributed by atoms with Gasteiger partial charge in [-0.25, -0.2) is 14.8 Å². The number of carbonyl (C=O) groups excluding carboxylic acids is 2. The number of hydrogen-bond donors (Lipinski definition) is 3. The SMILES string of the molecule is C[C@@H]1COCCN1c1ncnc2[nH]c(-c3ccc(NC(=O)c4cc(CN5CCC[C@@H](NC(=O)OC(C)(C)C)C5)ccn4)cc3)cc12. The van der Waals surface area contributed by atoms with Crippen LogP contribution in [0.2, 0.25) is 0 Å². The summed E-state index contributed by atoms with van der Waals surface area (Å²) in [5.41, 5.74) is 4.15. The smallest absolute Gasteiger partial charge is 0.407 e. The van der Waals surface area contributed by atoms with Crippen molar-refractivity contribution >= 4 is 34.5 Å². The van der Waals surface area contributed by atoms with E-state index in [0.717, 1.165) is 59.6 Å². The molecule has 12 nitrogen and oxygen atoms in total. The fourth-order valence-electron chi connectivity index (χ4n) is 6.03. The van der Waals surface area contributed by atoms with Crippen molar-refractivity contribution in [1.82, 2.24) is 30.2 Å². The Balaban J connectivity index is 1.07. The average Bonchev–Trinajstić information content (AvgIpc) is 3.46. The minimum absolute atomic E-state index is 0.0176. The quantitative estimate of drug-likeness (QED) is 0.259. The van der Waals surface area contributed by atoms with Crippen molar-refractivity contribution in [2.45, 2.75) is 64.8 Å². The van der Waals surface area contributed by atoms with E-state index in [1.54, 1.807) is 12.5 Å². The van der Waals surface area contributed by atoms with E-state index in [-0.39, 0.29) is 18.0 Å². The van der Waals surface area contributed by atoms with Gasteiger partial charge in [0.1, 0.15) is 29.1 Å². The highest BCUT2D eigenvalue weighted by atomic mass is 16.6. The normalized spacial score (nSPS) is 19.2. The summed E-state index contributed by atoms with van der Waals surface area (Å²) in [7, 11) is 0. The summed E-state index contributed by atoms with van der Waals surface area (Å²) in [5.74, 6) is 0.627. The molecule has 2 saturated heterocycles. The molecule has 3 aromatic heterocycles. The fourth-order valence-corrected chi connectivity index (χ4v) is 6.03. The van der Waals surface area contributed by atoms with Crippen LogP contribution in [0.15, 0.2) is 55.0 Å². The molecule has 0 saturated carbocycles. The number of anilines is 2. The lowest BCUT2D eigenvalue weighted by Gasteiger charge is -2.34. The Bertz CT molecular complexity index is 1680. The number of hydrogen-bond acceptors (Lipinski definition) is 9. The number of carbonyl (C=O) groups is 2. The van der Waals surface area contributed by atoms with Gasteiger partial charge in [-0.1, -0.05) is 12.1 Å². The van der Waals surface area contributed by atoms with E-state index >= 15 is 0 Å². The monoisotopic (exact) mass is 626 g/mol. The van der Waals surface area contributed by atoms with Crippen molar-refractivity contribution in [2.75, 3.05) is 43.1 Å².